The average Bonchev–Trinajstić information content (AvgIpc) is 2.08. The lowest BCUT2D eigenvalue weighted by Crippen LogP contribution is -2.50. The van der Waals surface area contributed by atoms with E-state index in [2.05, 4.69) is 18.9 Å². The highest BCUT2D eigenvalue weighted by atomic mass is 16.2. The molecular formula is C10H20N2O. The Balaban J connectivity index is 2.50. The molecule has 0 aliphatic carbocycles. The molecule has 3 heteroatoms. The monoisotopic (exact) mass is 184 g/mol. The Morgan fingerprint density at radius 2 is 2.08 bits per heavy atom. The molecule has 76 valence electrons. The van der Waals surface area contributed by atoms with Gasteiger partial charge in [-0.05, 0) is 20.4 Å². The summed E-state index contributed by atoms with van der Waals surface area (Å²) in [6.45, 7) is 7.83. The van der Waals surface area contributed by atoms with Crippen molar-refractivity contribution in [2.75, 3.05) is 20.3 Å². The fraction of sp³-hybridized carbons (Fsp3) is 0.900. The van der Waals surface area contributed by atoms with E-state index in [-0.39, 0.29) is 11.8 Å². The summed E-state index contributed by atoms with van der Waals surface area (Å²) in [5.74, 6) is 0.403. The highest BCUT2D eigenvalue weighted by Crippen LogP contribution is 2.13. The molecule has 0 aromatic heterocycles. The van der Waals surface area contributed by atoms with Gasteiger partial charge in [-0.15, -0.1) is 0 Å². The minimum atomic E-state index is 0.127. The summed E-state index contributed by atoms with van der Waals surface area (Å²) < 4.78 is 0. The van der Waals surface area contributed by atoms with Crippen LogP contribution < -0.4 is 0 Å². The van der Waals surface area contributed by atoms with Crippen LogP contribution in [0.4, 0.5) is 0 Å². The van der Waals surface area contributed by atoms with E-state index in [0.717, 1.165) is 19.6 Å². The summed E-state index contributed by atoms with van der Waals surface area (Å²) in [6.07, 6.45) is 1.09. The maximum absolute atomic E-state index is 11.6. The summed E-state index contributed by atoms with van der Waals surface area (Å²) in [5.41, 5.74) is 0. The molecule has 1 fully saturated rings. The van der Waals surface area contributed by atoms with Gasteiger partial charge in [0.25, 0.3) is 0 Å². The molecule has 0 saturated carbocycles. The Morgan fingerprint density at radius 1 is 1.46 bits per heavy atom. The lowest BCUT2D eigenvalue weighted by atomic mass is 10.1. The number of rotatable bonds is 1. The molecule has 0 aromatic carbocycles. The fourth-order valence-corrected chi connectivity index (χ4v) is 1.59. The molecule has 1 aliphatic heterocycles. The van der Waals surface area contributed by atoms with E-state index in [9.17, 15) is 4.79 Å². The molecule has 3 nitrogen and oxygen atoms in total. The standard InChI is InChI=1S/C10H20N2O/c1-8(2)10(13)12-6-5-9(3)11(4)7-12/h8-9H,5-7H2,1-4H3. The number of hydrogen-bond acceptors (Lipinski definition) is 2. The van der Waals surface area contributed by atoms with E-state index >= 15 is 0 Å². The first-order valence-electron chi connectivity index (χ1n) is 5.01. The number of amides is 1. The van der Waals surface area contributed by atoms with Gasteiger partial charge < -0.3 is 4.90 Å². The highest BCUT2D eigenvalue weighted by molar-refractivity contribution is 5.78. The van der Waals surface area contributed by atoms with Crippen molar-refractivity contribution in [2.45, 2.75) is 33.2 Å². The van der Waals surface area contributed by atoms with Crippen LogP contribution >= 0.6 is 0 Å². The van der Waals surface area contributed by atoms with E-state index in [0.29, 0.717) is 6.04 Å². The molecule has 0 spiro atoms. The molecule has 0 aromatic rings. The van der Waals surface area contributed by atoms with Gasteiger partial charge in [-0.25, -0.2) is 0 Å². The lowest BCUT2D eigenvalue weighted by Gasteiger charge is -2.38. The third-order valence-corrected chi connectivity index (χ3v) is 2.77. The molecule has 1 unspecified atom stereocenters. The Morgan fingerprint density at radius 3 is 2.54 bits per heavy atom. The van der Waals surface area contributed by atoms with E-state index in [1.165, 1.54) is 0 Å². The number of carbonyl (C=O) groups is 1. The van der Waals surface area contributed by atoms with Crippen molar-refractivity contribution < 1.29 is 4.79 Å². The third kappa shape index (κ3) is 2.44. The molecule has 1 saturated heterocycles. The molecule has 0 bridgehead atoms. The number of hydrogen-bond donors (Lipinski definition) is 0. The van der Waals surface area contributed by atoms with Crippen LogP contribution in [-0.2, 0) is 4.79 Å². The lowest BCUT2D eigenvalue weighted by molar-refractivity contribution is -0.139. The second-order valence-corrected chi connectivity index (χ2v) is 4.29. The van der Waals surface area contributed by atoms with E-state index < -0.39 is 0 Å². The van der Waals surface area contributed by atoms with E-state index in [1.807, 2.05) is 18.7 Å². The molecule has 0 N–H and O–H groups in total. The molecule has 0 radical (unpaired) electrons. The molecule has 1 heterocycles. The summed E-state index contributed by atoms with van der Waals surface area (Å²) >= 11 is 0. The van der Waals surface area contributed by atoms with Crippen LogP contribution in [0.3, 0.4) is 0 Å². The van der Waals surface area contributed by atoms with Gasteiger partial charge in [-0.1, -0.05) is 13.8 Å². The van der Waals surface area contributed by atoms with Gasteiger partial charge in [0.05, 0.1) is 6.67 Å². The fourth-order valence-electron chi connectivity index (χ4n) is 1.59. The Bertz CT molecular complexity index is 191. The van der Waals surface area contributed by atoms with Crippen molar-refractivity contribution >= 4 is 5.91 Å². The zero-order valence-electron chi connectivity index (χ0n) is 9.08. The highest BCUT2D eigenvalue weighted by Gasteiger charge is 2.24. The van der Waals surface area contributed by atoms with Crippen LogP contribution in [-0.4, -0.2) is 42.0 Å². The number of nitrogens with zero attached hydrogens (tertiary/aromatic N) is 2. The van der Waals surface area contributed by atoms with Gasteiger partial charge >= 0.3 is 0 Å². The van der Waals surface area contributed by atoms with Crippen LogP contribution in [0.25, 0.3) is 0 Å². The molecular weight excluding hydrogens is 164 g/mol. The third-order valence-electron chi connectivity index (χ3n) is 2.77. The van der Waals surface area contributed by atoms with Gasteiger partial charge in [0.15, 0.2) is 0 Å². The van der Waals surface area contributed by atoms with Gasteiger partial charge in [0, 0.05) is 18.5 Å². The van der Waals surface area contributed by atoms with Gasteiger partial charge in [0.2, 0.25) is 5.91 Å². The van der Waals surface area contributed by atoms with Gasteiger partial charge in [-0.3, -0.25) is 9.69 Å². The minimum Gasteiger partial charge on any atom is -0.329 e. The van der Waals surface area contributed by atoms with Crippen molar-refractivity contribution in [3.05, 3.63) is 0 Å². The zero-order valence-corrected chi connectivity index (χ0v) is 9.08. The summed E-state index contributed by atoms with van der Waals surface area (Å²) in [5, 5.41) is 0. The molecule has 1 atom stereocenters. The normalized spacial score (nSPS) is 25.3. The average molecular weight is 184 g/mol. The van der Waals surface area contributed by atoms with Crippen molar-refractivity contribution in [1.29, 1.82) is 0 Å². The van der Waals surface area contributed by atoms with E-state index in [4.69, 9.17) is 0 Å². The Hall–Kier alpha value is -0.570. The zero-order chi connectivity index (χ0) is 10.0. The predicted molar refractivity (Wildman–Crippen MR) is 53.3 cm³/mol. The molecule has 1 rings (SSSR count). The summed E-state index contributed by atoms with van der Waals surface area (Å²) in [7, 11) is 2.07. The van der Waals surface area contributed by atoms with Crippen LogP contribution in [0.15, 0.2) is 0 Å². The maximum atomic E-state index is 11.6. The summed E-state index contributed by atoms with van der Waals surface area (Å²) in [6, 6.07) is 0.608. The first-order valence-corrected chi connectivity index (χ1v) is 5.01. The van der Waals surface area contributed by atoms with Crippen molar-refractivity contribution in [3.63, 3.8) is 0 Å². The smallest absolute Gasteiger partial charge is 0.226 e. The van der Waals surface area contributed by atoms with Gasteiger partial charge in [-0.2, -0.15) is 0 Å². The van der Waals surface area contributed by atoms with Crippen LogP contribution in [0, 0.1) is 5.92 Å². The molecule has 13 heavy (non-hydrogen) atoms. The summed E-state index contributed by atoms with van der Waals surface area (Å²) in [4.78, 5) is 15.8. The quantitative estimate of drug-likeness (QED) is 0.610. The van der Waals surface area contributed by atoms with Crippen molar-refractivity contribution in [1.82, 2.24) is 9.80 Å². The Labute approximate surface area is 80.7 Å². The predicted octanol–water partition coefficient (Wildman–Crippen LogP) is 1.15. The second-order valence-electron chi connectivity index (χ2n) is 4.29. The number of carbonyl (C=O) groups excluding carboxylic acids is 1. The largest absolute Gasteiger partial charge is 0.329 e. The van der Waals surface area contributed by atoms with Gasteiger partial charge in [0.1, 0.15) is 0 Å². The first kappa shape index (κ1) is 10.5. The molecule has 1 aliphatic rings. The van der Waals surface area contributed by atoms with Crippen LogP contribution in [0.2, 0.25) is 0 Å². The van der Waals surface area contributed by atoms with Crippen molar-refractivity contribution in [3.8, 4) is 0 Å². The second kappa shape index (κ2) is 4.09. The first-order chi connectivity index (χ1) is 6.02. The maximum Gasteiger partial charge on any atom is 0.226 e. The minimum absolute atomic E-state index is 0.127. The Kier molecular flexibility index (Phi) is 3.31. The van der Waals surface area contributed by atoms with Crippen molar-refractivity contribution in [2.24, 2.45) is 5.92 Å². The van der Waals surface area contributed by atoms with Crippen LogP contribution in [0.1, 0.15) is 27.2 Å². The SMILES string of the molecule is CC(C)C(=O)N1CCC(C)N(C)C1. The molecule has 1 amide bonds. The van der Waals surface area contributed by atoms with Crippen LogP contribution in [0.5, 0.6) is 0 Å². The topological polar surface area (TPSA) is 23.6 Å². The van der Waals surface area contributed by atoms with E-state index in [1.54, 1.807) is 0 Å².